The summed E-state index contributed by atoms with van der Waals surface area (Å²) in [6.45, 7) is 2.00. The topological polar surface area (TPSA) is 56.7 Å². The fraction of sp³-hybridized carbons (Fsp3) is 0.143. The smallest absolute Gasteiger partial charge is 0.191 e. The number of benzene rings is 1. The van der Waals surface area contributed by atoms with Crippen molar-refractivity contribution in [2.45, 2.75) is 6.92 Å². The van der Waals surface area contributed by atoms with E-state index in [9.17, 15) is 0 Å². The summed E-state index contributed by atoms with van der Waals surface area (Å²) in [5.74, 6) is 1.54. The monoisotopic (exact) mass is 270 g/mol. The second-order valence-corrected chi connectivity index (χ2v) is 5.34. The molecule has 0 spiro atoms. The molecule has 0 aliphatic carbocycles. The second-order valence-electron chi connectivity index (χ2n) is 4.40. The molecule has 0 aliphatic rings. The Morgan fingerprint density at radius 1 is 1.21 bits per heavy atom. The van der Waals surface area contributed by atoms with Crippen molar-refractivity contribution in [3.8, 4) is 22.1 Å². The summed E-state index contributed by atoms with van der Waals surface area (Å²) in [6.07, 6.45) is 0. The van der Waals surface area contributed by atoms with E-state index in [2.05, 4.69) is 10.1 Å². The Kier molecular flexibility index (Phi) is 2.83. The number of thiophene rings is 1. The first kappa shape index (κ1) is 11.9. The average molecular weight is 270 g/mol. The van der Waals surface area contributed by atoms with Crippen LogP contribution in [0.15, 0.2) is 35.7 Å². The summed E-state index contributed by atoms with van der Waals surface area (Å²) in [6, 6.07) is 9.97. The van der Waals surface area contributed by atoms with Crippen molar-refractivity contribution in [2.75, 3.05) is 5.73 Å². The van der Waals surface area contributed by atoms with Crippen LogP contribution in [-0.4, -0.2) is 14.8 Å². The number of para-hydroxylation sites is 1. The maximum absolute atomic E-state index is 6.13. The first-order valence-electron chi connectivity index (χ1n) is 5.97. The molecule has 1 aromatic carbocycles. The number of anilines is 1. The molecule has 5 heteroatoms. The van der Waals surface area contributed by atoms with Gasteiger partial charge in [0.25, 0.3) is 0 Å². The number of aryl methyl sites for hydroxylation is 2. The summed E-state index contributed by atoms with van der Waals surface area (Å²) in [7, 11) is 1.89. The van der Waals surface area contributed by atoms with Crippen LogP contribution in [0.25, 0.3) is 22.1 Å². The summed E-state index contributed by atoms with van der Waals surface area (Å²) in [4.78, 5) is 5.67. The Hall–Kier alpha value is -2.14. The fourth-order valence-electron chi connectivity index (χ4n) is 2.00. The molecule has 0 bridgehead atoms. The van der Waals surface area contributed by atoms with E-state index in [1.54, 1.807) is 16.0 Å². The molecule has 2 heterocycles. The van der Waals surface area contributed by atoms with Crippen LogP contribution in [-0.2, 0) is 7.05 Å². The van der Waals surface area contributed by atoms with E-state index in [0.717, 1.165) is 33.3 Å². The van der Waals surface area contributed by atoms with Gasteiger partial charge in [-0.1, -0.05) is 18.2 Å². The van der Waals surface area contributed by atoms with Gasteiger partial charge in [0, 0.05) is 18.3 Å². The molecule has 2 N–H and O–H groups in total. The molecular weight excluding hydrogens is 256 g/mol. The Morgan fingerprint density at radius 2 is 2.05 bits per heavy atom. The van der Waals surface area contributed by atoms with Crippen LogP contribution < -0.4 is 5.73 Å². The molecule has 0 saturated heterocycles. The lowest BCUT2D eigenvalue weighted by molar-refractivity contribution is 0.778. The van der Waals surface area contributed by atoms with Gasteiger partial charge in [0.2, 0.25) is 0 Å². The average Bonchev–Trinajstić information content (AvgIpc) is 3.02. The van der Waals surface area contributed by atoms with Crippen molar-refractivity contribution in [2.24, 2.45) is 7.05 Å². The van der Waals surface area contributed by atoms with Crippen LogP contribution in [0, 0.1) is 6.92 Å². The largest absolute Gasteiger partial charge is 0.398 e. The van der Waals surface area contributed by atoms with Crippen LogP contribution in [0.1, 0.15) is 5.56 Å². The van der Waals surface area contributed by atoms with E-state index in [1.807, 2.05) is 49.7 Å². The number of nitrogens with two attached hydrogens (primary N) is 1. The SMILES string of the molecule is Cc1cccc(-c2nc(-c3cccs3)nn2C)c1N. The Balaban J connectivity index is 2.14. The number of nitrogens with zero attached hydrogens (tertiary/aromatic N) is 3. The van der Waals surface area contributed by atoms with Crippen LogP contribution in [0.4, 0.5) is 5.69 Å². The van der Waals surface area contributed by atoms with Gasteiger partial charge in [-0.3, -0.25) is 0 Å². The Labute approximate surface area is 115 Å². The zero-order valence-electron chi connectivity index (χ0n) is 10.8. The van der Waals surface area contributed by atoms with E-state index < -0.39 is 0 Å². The molecule has 0 radical (unpaired) electrons. The lowest BCUT2D eigenvalue weighted by atomic mass is 10.1. The van der Waals surface area contributed by atoms with E-state index in [4.69, 9.17) is 5.73 Å². The van der Waals surface area contributed by atoms with Gasteiger partial charge in [-0.2, -0.15) is 0 Å². The second kappa shape index (κ2) is 4.51. The summed E-state index contributed by atoms with van der Waals surface area (Å²) < 4.78 is 1.78. The third-order valence-electron chi connectivity index (χ3n) is 3.07. The molecule has 0 unspecified atom stereocenters. The van der Waals surface area contributed by atoms with Gasteiger partial charge in [-0.25, -0.2) is 9.67 Å². The van der Waals surface area contributed by atoms with Crippen molar-refractivity contribution in [3.63, 3.8) is 0 Å². The number of rotatable bonds is 2. The Bertz CT molecular complexity index is 713. The van der Waals surface area contributed by atoms with E-state index in [0.29, 0.717) is 0 Å². The highest BCUT2D eigenvalue weighted by Gasteiger charge is 2.14. The van der Waals surface area contributed by atoms with Gasteiger partial charge in [-0.15, -0.1) is 16.4 Å². The van der Waals surface area contributed by atoms with Gasteiger partial charge < -0.3 is 5.73 Å². The molecule has 2 aromatic heterocycles. The highest BCUT2D eigenvalue weighted by Crippen LogP contribution is 2.29. The van der Waals surface area contributed by atoms with Crippen molar-refractivity contribution in [1.82, 2.24) is 14.8 Å². The minimum Gasteiger partial charge on any atom is -0.398 e. The van der Waals surface area contributed by atoms with Crippen molar-refractivity contribution in [1.29, 1.82) is 0 Å². The maximum Gasteiger partial charge on any atom is 0.191 e. The minimum absolute atomic E-state index is 0.744. The lowest BCUT2D eigenvalue weighted by Crippen LogP contribution is -1.99. The first-order chi connectivity index (χ1) is 9.16. The summed E-state index contributed by atoms with van der Waals surface area (Å²) >= 11 is 1.63. The highest BCUT2D eigenvalue weighted by molar-refractivity contribution is 7.13. The first-order valence-corrected chi connectivity index (χ1v) is 6.85. The molecule has 0 aliphatic heterocycles. The van der Waals surface area contributed by atoms with E-state index >= 15 is 0 Å². The van der Waals surface area contributed by atoms with Gasteiger partial charge in [0.1, 0.15) is 0 Å². The summed E-state index contributed by atoms with van der Waals surface area (Å²) in [5, 5.41) is 6.48. The highest BCUT2D eigenvalue weighted by atomic mass is 32.1. The van der Waals surface area contributed by atoms with Crippen LogP contribution in [0.3, 0.4) is 0 Å². The van der Waals surface area contributed by atoms with Crippen LogP contribution >= 0.6 is 11.3 Å². The molecule has 3 aromatic rings. The van der Waals surface area contributed by atoms with E-state index in [-0.39, 0.29) is 0 Å². The third-order valence-corrected chi connectivity index (χ3v) is 3.94. The predicted molar refractivity (Wildman–Crippen MR) is 78.9 cm³/mol. The third kappa shape index (κ3) is 2.02. The van der Waals surface area contributed by atoms with Crippen LogP contribution in [0.5, 0.6) is 0 Å². The molecule has 4 nitrogen and oxygen atoms in total. The number of aromatic nitrogens is 3. The van der Waals surface area contributed by atoms with Crippen LogP contribution in [0.2, 0.25) is 0 Å². The zero-order chi connectivity index (χ0) is 13.4. The molecular formula is C14H14N4S. The molecule has 96 valence electrons. The molecule has 0 saturated carbocycles. The molecule has 0 amide bonds. The van der Waals surface area contributed by atoms with Gasteiger partial charge >= 0.3 is 0 Å². The fourth-order valence-corrected chi connectivity index (χ4v) is 2.66. The van der Waals surface area contributed by atoms with Gasteiger partial charge in [-0.05, 0) is 30.0 Å². The van der Waals surface area contributed by atoms with E-state index in [1.165, 1.54) is 0 Å². The predicted octanol–water partition coefficient (Wildman–Crippen LogP) is 3.10. The number of nitrogen functional groups attached to an aromatic ring is 1. The minimum atomic E-state index is 0.744. The Morgan fingerprint density at radius 3 is 2.79 bits per heavy atom. The molecule has 0 fully saturated rings. The van der Waals surface area contributed by atoms with Crippen molar-refractivity contribution >= 4 is 17.0 Å². The number of hydrogen-bond acceptors (Lipinski definition) is 4. The standard InChI is InChI=1S/C14H14N4S/c1-9-5-3-6-10(12(9)15)14-16-13(17-18(14)2)11-7-4-8-19-11/h3-8H,15H2,1-2H3. The lowest BCUT2D eigenvalue weighted by Gasteiger charge is -2.06. The molecule has 0 atom stereocenters. The van der Waals surface area contributed by atoms with Crippen molar-refractivity contribution < 1.29 is 0 Å². The number of hydrogen-bond donors (Lipinski definition) is 1. The van der Waals surface area contributed by atoms with Gasteiger partial charge in [0.05, 0.1) is 4.88 Å². The van der Waals surface area contributed by atoms with Gasteiger partial charge in [0.15, 0.2) is 11.6 Å². The molecule has 3 rings (SSSR count). The molecule has 19 heavy (non-hydrogen) atoms. The quantitative estimate of drug-likeness (QED) is 0.728. The summed E-state index contributed by atoms with van der Waals surface area (Å²) in [5.41, 5.74) is 8.88. The zero-order valence-corrected chi connectivity index (χ0v) is 11.6. The maximum atomic E-state index is 6.13. The normalized spacial score (nSPS) is 10.8. The van der Waals surface area contributed by atoms with Crippen molar-refractivity contribution in [3.05, 3.63) is 41.3 Å².